The lowest BCUT2D eigenvalue weighted by atomic mass is 10.3. The van der Waals surface area contributed by atoms with E-state index in [2.05, 4.69) is 17.1 Å². The number of hydrogen-bond donors (Lipinski definition) is 0. The maximum atomic E-state index is 5.24. The van der Waals surface area contributed by atoms with E-state index in [1.807, 2.05) is 18.2 Å². The van der Waals surface area contributed by atoms with E-state index in [-0.39, 0.29) is 0 Å². The quantitative estimate of drug-likeness (QED) is 0.563. The summed E-state index contributed by atoms with van der Waals surface area (Å²) in [5, 5.41) is 0.885. The lowest BCUT2D eigenvalue weighted by Gasteiger charge is -1.93. The van der Waals surface area contributed by atoms with E-state index in [0.29, 0.717) is 5.76 Å². The third-order valence-electron chi connectivity index (χ3n) is 1.96. The average Bonchev–Trinajstić information content (AvgIpc) is 2.86. The molecule has 0 spiro atoms. The Kier molecular flexibility index (Phi) is 1.64. The first-order valence-corrected chi connectivity index (χ1v) is 5.06. The Morgan fingerprint density at radius 3 is 3.00 bits per heavy atom. The molecule has 1 aromatic carbocycles. The Bertz CT molecular complexity index is 520. The van der Waals surface area contributed by atoms with Crippen LogP contribution in [0.3, 0.4) is 0 Å². The van der Waals surface area contributed by atoms with E-state index in [1.165, 1.54) is 4.70 Å². The van der Waals surface area contributed by atoms with Crippen molar-refractivity contribution in [2.75, 3.05) is 0 Å². The van der Waals surface area contributed by atoms with Crippen molar-refractivity contribution < 1.29 is 4.42 Å². The Hall–Kier alpha value is -1.61. The van der Waals surface area contributed by atoms with Gasteiger partial charge in [-0.05, 0) is 18.4 Å². The van der Waals surface area contributed by atoms with Crippen LogP contribution in [0.4, 0.5) is 0 Å². The monoisotopic (exact) mass is 200 g/mol. The Labute approximate surface area is 84.8 Å². The SMILES string of the molecule is [c-]1ccoc1-c1nc2ccccc2s1. The second kappa shape index (κ2) is 2.96. The minimum Gasteiger partial charge on any atom is -0.544 e. The number of nitrogens with zero attached hydrogens (tertiary/aromatic N) is 1. The summed E-state index contributed by atoms with van der Waals surface area (Å²) >= 11 is 1.62. The summed E-state index contributed by atoms with van der Waals surface area (Å²) in [6.45, 7) is 0. The fourth-order valence-electron chi connectivity index (χ4n) is 1.33. The minimum absolute atomic E-state index is 0.714. The molecule has 2 heterocycles. The summed E-state index contributed by atoms with van der Waals surface area (Å²) in [5.41, 5.74) is 1.01. The number of fused-ring (bicyclic) bond motifs is 1. The van der Waals surface area contributed by atoms with Gasteiger partial charge in [0.2, 0.25) is 0 Å². The molecule has 68 valence electrons. The van der Waals surface area contributed by atoms with E-state index < -0.39 is 0 Å². The van der Waals surface area contributed by atoms with Gasteiger partial charge in [0.15, 0.2) is 0 Å². The standard InChI is InChI=1S/C11H6NOS/c1-2-6-10-8(4-1)12-11(14-10)9-5-3-7-13-9/h1-4,6-7H/q-1. The highest BCUT2D eigenvalue weighted by atomic mass is 32.1. The number of furan rings is 1. The molecule has 0 aliphatic rings. The van der Waals surface area contributed by atoms with Gasteiger partial charge >= 0.3 is 0 Å². The van der Waals surface area contributed by atoms with Gasteiger partial charge in [-0.3, -0.25) is 4.98 Å². The van der Waals surface area contributed by atoms with Crippen LogP contribution in [-0.2, 0) is 0 Å². The van der Waals surface area contributed by atoms with E-state index in [9.17, 15) is 0 Å². The van der Waals surface area contributed by atoms with Gasteiger partial charge in [-0.1, -0.05) is 12.1 Å². The first kappa shape index (κ1) is 7.76. The topological polar surface area (TPSA) is 26.0 Å². The van der Waals surface area contributed by atoms with Crippen molar-refractivity contribution >= 4 is 21.6 Å². The largest absolute Gasteiger partial charge is 0.544 e. The van der Waals surface area contributed by atoms with Crippen LogP contribution >= 0.6 is 11.3 Å². The van der Waals surface area contributed by atoms with Crippen LogP contribution < -0.4 is 0 Å². The minimum atomic E-state index is 0.714. The molecule has 2 aromatic heterocycles. The van der Waals surface area contributed by atoms with Crippen LogP contribution in [0.2, 0.25) is 0 Å². The molecule has 0 saturated heterocycles. The van der Waals surface area contributed by atoms with Crippen LogP contribution in [0, 0.1) is 6.07 Å². The van der Waals surface area contributed by atoms with Crippen LogP contribution in [0.15, 0.2) is 41.0 Å². The maximum absolute atomic E-state index is 5.24. The van der Waals surface area contributed by atoms with Gasteiger partial charge in [-0.15, -0.1) is 12.1 Å². The average molecular weight is 200 g/mol. The predicted octanol–water partition coefficient (Wildman–Crippen LogP) is 3.36. The van der Waals surface area contributed by atoms with Gasteiger partial charge in [0.25, 0.3) is 0 Å². The molecule has 0 atom stereocenters. The van der Waals surface area contributed by atoms with Crippen LogP contribution in [0.5, 0.6) is 0 Å². The summed E-state index contributed by atoms with van der Waals surface area (Å²) < 4.78 is 6.41. The smallest absolute Gasteiger partial charge is 0.0660 e. The molecule has 3 heteroatoms. The molecule has 14 heavy (non-hydrogen) atoms. The number of thiazole rings is 1. The van der Waals surface area contributed by atoms with E-state index in [1.54, 1.807) is 23.7 Å². The number of rotatable bonds is 1. The van der Waals surface area contributed by atoms with Crippen molar-refractivity contribution in [3.63, 3.8) is 0 Å². The highest BCUT2D eigenvalue weighted by Gasteiger charge is 1.99. The molecule has 2 nitrogen and oxygen atoms in total. The van der Waals surface area contributed by atoms with Crippen molar-refractivity contribution in [1.82, 2.24) is 4.98 Å². The predicted molar refractivity (Wildman–Crippen MR) is 56.2 cm³/mol. The van der Waals surface area contributed by atoms with E-state index in [0.717, 1.165) is 10.5 Å². The molecule has 3 aromatic rings. The van der Waals surface area contributed by atoms with E-state index >= 15 is 0 Å². The Morgan fingerprint density at radius 1 is 1.29 bits per heavy atom. The fourth-order valence-corrected chi connectivity index (χ4v) is 2.24. The highest BCUT2D eigenvalue weighted by molar-refractivity contribution is 7.21. The second-order valence-electron chi connectivity index (χ2n) is 2.88. The molecule has 0 aliphatic heterocycles. The normalized spacial score (nSPS) is 10.9. The van der Waals surface area contributed by atoms with Crippen molar-refractivity contribution in [3.05, 3.63) is 42.7 Å². The van der Waals surface area contributed by atoms with Gasteiger partial charge in [0.1, 0.15) is 0 Å². The summed E-state index contributed by atoms with van der Waals surface area (Å²) in [6, 6.07) is 12.8. The fraction of sp³-hybridized carbons (Fsp3) is 0. The Balaban J connectivity index is 2.24. The van der Waals surface area contributed by atoms with Crippen LogP contribution in [0.25, 0.3) is 21.0 Å². The summed E-state index contributed by atoms with van der Waals surface area (Å²) in [6.07, 6.45) is 1.61. The number of benzene rings is 1. The molecule has 0 N–H and O–H groups in total. The third-order valence-corrected chi connectivity index (χ3v) is 2.99. The van der Waals surface area contributed by atoms with Gasteiger partial charge in [0.05, 0.1) is 10.5 Å². The Morgan fingerprint density at radius 2 is 2.21 bits per heavy atom. The van der Waals surface area contributed by atoms with Crippen molar-refractivity contribution in [3.8, 4) is 10.8 Å². The molecule has 0 saturated carbocycles. The van der Waals surface area contributed by atoms with Gasteiger partial charge in [-0.25, -0.2) is 0 Å². The van der Waals surface area contributed by atoms with Crippen molar-refractivity contribution in [1.29, 1.82) is 0 Å². The van der Waals surface area contributed by atoms with Crippen LogP contribution in [0.1, 0.15) is 0 Å². The summed E-state index contributed by atoms with van der Waals surface area (Å²) in [5.74, 6) is 0.714. The van der Waals surface area contributed by atoms with Gasteiger partial charge < -0.3 is 4.42 Å². The molecule has 0 fully saturated rings. The molecular formula is C11H6NOS-. The maximum Gasteiger partial charge on any atom is 0.0660 e. The summed E-state index contributed by atoms with van der Waals surface area (Å²) in [4.78, 5) is 4.45. The molecular weight excluding hydrogens is 194 g/mol. The molecule has 0 aliphatic carbocycles. The molecule has 0 unspecified atom stereocenters. The number of aromatic nitrogens is 1. The zero-order valence-electron chi connectivity index (χ0n) is 7.23. The molecule has 0 amide bonds. The van der Waals surface area contributed by atoms with Crippen molar-refractivity contribution in [2.45, 2.75) is 0 Å². The third kappa shape index (κ3) is 1.14. The molecule has 3 rings (SSSR count). The van der Waals surface area contributed by atoms with Gasteiger partial charge in [0, 0.05) is 10.5 Å². The zero-order chi connectivity index (χ0) is 9.38. The molecule has 0 radical (unpaired) electrons. The van der Waals surface area contributed by atoms with Gasteiger partial charge in [-0.2, -0.15) is 11.3 Å². The number of para-hydroxylation sites is 1. The first-order chi connectivity index (χ1) is 6.93. The zero-order valence-corrected chi connectivity index (χ0v) is 8.04. The second-order valence-corrected chi connectivity index (χ2v) is 3.91. The lowest BCUT2D eigenvalue weighted by molar-refractivity contribution is 0.581. The molecule has 0 bridgehead atoms. The number of hydrogen-bond acceptors (Lipinski definition) is 3. The lowest BCUT2D eigenvalue weighted by Crippen LogP contribution is -1.69. The van der Waals surface area contributed by atoms with Crippen molar-refractivity contribution in [2.24, 2.45) is 0 Å². The van der Waals surface area contributed by atoms with E-state index in [4.69, 9.17) is 4.42 Å². The highest BCUT2D eigenvalue weighted by Crippen LogP contribution is 2.29. The summed E-state index contributed by atoms with van der Waals surface area (Å²) in [7, 11) is 0. The first-order valence-electron chi connectivity index (χ1n) is 4.24. The van der Waals surface area contributed by atoms with Crippen LogP contribution in [-0.4, -0.2) is 4.98 Å².